The summed E-state index contributed by atoms with van der Waals surface area (Å²) in [6, 6.07) is 8.53. The summed E-state index contributed by atoms with van der Waals surface area (Å²) in [5, 5.41) is 3.20. The van der Waals surface area contributed by atoms with Crippen molar-refractivity contribution >= 4 is 0 Å². The molecule has 0 bridgehead atoms. The fraction of sp³-hybridized carbons (Fsp3) is 0.429. The number of ether oxygens (including phenoxy) is 1. The van der Waals surface area contributed by atoms with Crippen molar-refractivity contribution in [3.05, 3.63) is 29.8 Å². The van der Waals surface area contributed by atoms with Crippen molar-refractivity contribution < 1.29 is 4.74 Å². The van der Waals surface area contributed by atoms with Crippen LogP contribution in [-0.4, -0.2) is 13.7 Å². The molecule has 0 saturated carbocycles. The maximum absolute atomic E-state index is 5.56. The second-order valence-electron chi connectivity index (χ2n) is 3.74. The van der Waals surface area contributed by atoms with Crippen LogP contribution in [0.5, 0.6) is 5.75 Å². The summed E-state index contributed by atoms with van der Waals surface area (Å²) in [5.74, 6) is 3.50. The van der Waals surface area contributed by atoms with Crippen molar-refractivity contribution in [1.29, 1.82) is 0 Å². The molecule has 1 rings (SSSR count). The van der Waals surface area contributed by atoms with Crippen molar-refractivity contribution in [3.8, 4) is 18.1 Å². The molecule has 0 radical (unpaired) electrons. The average molecular weight is 217 g/mol. The first-order valence-electron chi connectivity index (χ1n) is 5.61. The number of nitrogens with one attached hydrogen (secondary N) is 1. The maximum atomic E-state index is 5.56. The van der Waals surface area contributed by atoms with E-state index in [2.05, 4.69) is 30.3 Å². The number of terminal acetylenes is 1. The molecular weight excluding hydrogens is 198 g/mol. The summed E-state index contributed by atoms with van der Waals surface area (Å²) in [7, 11) is 1.95. The summed E-state index contributed by atoms with van der Waals surface area (Å²) in [6.07, 6.45) is 6.84. The molecule has 0 amide bonds. The standard InChI is InChI=1S/C14H19NO/c1-4-5-6-11-16-14-9-7-13(8-10-14)12(2)15-3/h1,7-10,12,15H,5-6,11H2,2-3H3. The van der Waals surface area contributed by atoms with E-state index in [9.17, 15) is 0 Å². The Morgan fingerprint density at radius 3 is 2.62 bits per heavy atom. The highest BCUT2D eigenvalue weighted by atomic mass is 16.5. The molecule has 0 aliphatic rings. The Morgan fingerprint density at radius 2 is 2.06 bits per heavy atom. The number of rotatable bonds is 6. The first-order chi connectivity index (χ1) is 7.77. The predicted molar refractivity (Wildman–Crippen MR) is 67.5 cm³/mol. The summed E-state index contributed by atoms with van der Waals surface area (Å²) in [6.45, 7) is 2.81. The second-order valence-corrected chi connectivity index (χ2v) is 3.74. The van der Waals surface area contributed by atoms with Gasteiger partial charge in [-0.25, -0.2) is 0 Å². The zero-order valence-corrected chi connectivity index (χ0v) is 9.99. The van der Waals surface area contributed by atoms with E-state index in [0.29, 0.717) is 12.6 Å². The van der Waals surface area contributed by atoms with Gasteiger partial charge in [0.1, 0.15) is 5.75 Å². The Morgan fingerprint density at radius 1 is 1.38 bits per heavy atom. The van der Waals surface area contributed by atoms with Gasteiger partial charge in [-0.2, -0.15) is 0 Å². The van der Waals surface area contributed by atoms with Crippen molar-refractivity contribution in [2.45, 2.75) is 25.8 Å². The molecule has 1 aromatic rings. The van der Waals surface area contributed by atoms with Crippen LogP contribution in [0.4, 0.5) is 0 Å². The van der Waals surface area contributed by atoms with Crippen molar-refractivity contribution in [2.75, 3.05) is 13.7 Å². The number of hydrogen-bond donors (Lipinski definition) is 1. The zero-order chi connectivity index (χ0) is 11.8. The van der Waals surface area contributed by atoms with E-state index in [1.807, 2.05) is 19.2 Å². The third-order valence-corrected chi connectivity index (χ3v) is 2.55. The fourth-order valence-electron chi connectivity index (χ4n) is 1.38. The average Bonchev–Trinajstić information content (AvgIpc) is 2.34. The predicted octanol–water partition coefficient (Wildman–Crippen LogP) is 2.76. The number of hydrogen-bond acceptors (Lipinski definition) is 2. The van der Waals surface area contributed by atoms with Gasteiger partial charge >= 0.3 is 0 Å². The van der Waals surface area contributed by atoms with Gasteiger partial charge in [-0.1, -0.05) is 12.1 Å². The largest absolute Gasteiger partial charge is 0.494 e. The van der Waals surface area contributed by atoms with Gasteiger partial charge in [-0.3, -0.25) is 0 Å². The van der Waals surface area contributed by atoms with Crippen LogP contribution in [0.1, 0.15) is 31.4 Å². The van der Waals surface area contributed by atoms with Crippen LogP contribution in [0.3, 0.4) is 0 Å². The molecule has 2 nitrogen and oxygen atoms in total. The molecule has 0 aliphatic heterocycles. The van der Waals surface area contributed by atoms with E-state index in [1.54, 1.807) is 0 Å². The van der Waals surface area contributed by atoms with Gasteiger partial charge in [0.15, 0.2) is 0 Å². The van der Waals surface area contributed by atoms with Gasteiger partial charge in [-0.15, -0.1) is 12.3 Å². The summed E-state index contributed by atoms with van der Waals surface area (Å²) in [4.78, 5) is 0. The lowest BCUT2D eigenvalue weighted by Gasteiger charge is -2.11. The third-order valence-electron chi connectivity index (χ3n) is 2.55. The quantitative estimate of drug-likeness (QED) is 0.584. The van der Waals surface area contributed by atoms with Crippen LogP contribution < -0.4 is 10.1 Å². The maximum Gasteiger partial charge on any atom is 0.119 e. The highest BCUT2D eigenvalue weighted by Gasteiger charge is 2.01. The first kappa shape index (κ1) is 12.6. The third kappa shape index (κ3) is 3.96. The molecule has 0 aliphatic carbocycles. The van der Waals surface area contributed by atoms with Gasteiger partial charge in [-0.05, 0) is 38.1 Å². The fourth-order valence-corrected chi connectivity index (χ4v) is 1.38. The minimum Gasteiger partial charge on any atom is -0.494 e. The topological polar surface area (TPSA) is 21.3 Å². The molecular formula is C14H19NO. The summed E-state index contributed by atoms with van der Waals surface area (Å²) in [5.41, 5.74) is 1.26. The normalized spacial score (nSPS) is 11.8. The lowest BCUT2D eigenvalue weighted by Crippen LogP contribution is -2.11. The van der Waals surface area contributed by atoms with Crippen molar-refractivity contribution in [1.82, 2.24) is 5.32 Å². The molecule has 0 aromatic heterocycles. The van der Waals surface area contributed by atoms with E-state index in [4.69, 9.17) is 11.2 Å². The summed E-state index contributed by atoms with van der Waals surface area (Å²) >= 11 is 0. The lowest BCUT2D eigenvalue weighted by atomic mass is 10.1. The summed E-state index contributed by atoms with van der Waals surface area (Å²) < 4.78 is 5.56. The van der Waals surface area contributed by atoms with Crippen LogP contribution in [-0.2, 0) is 0 Å². The molecule has 0 fully saturated rings. The highest BCUT2D eigenvalue weighted by Crippen LogP contribution is 2.17. The zero-order valence-electron chi connectivity index (χ0n) is 9.99. The van der Waals surface area contributed by atoms with Gasteiger partial charge < -0.3 is 10.1 Å². The molecule has 16 heavy (non-hydrogen) atoms. The molecule has 1 atom stereocenters. The molecule has 2 heteroatoms. The van der Waals surface area contributed by atoms with Gasteiger partial charge in [0.05, 0.1) is 6.61 Å². The van der Waals surface area contributed by atoms with E-state index in [1.165, 1.54) is 5.56 Å². The second kappa shape index (κ2) is 6.92. The molecule has 1 aromatic carbocycles. The van der Waals surface area contributed by atoms with Crippen molar-refractivity contribution in [3.63, 3.8) is 0 Å². The molecule has 0 heterocycles. The minimum absolute atomic E-state index is 0.371. The molecule has 86 valence electrons. The van der Waals surface area contributed by atoms with Crippen LogP contribution in [0.25, 0.3) is 0 Å². The smallest absolute Gasteiger partial charge is 0.119 e. The van der Waals surface area contributed by atoms with Crippen LogP contribution in [0.2, 0.25) is 0 Å². The number of unbranched alkanes of at least 4 members (excludes halogenated alkanes) is 1. The Hall–Kier alpha value is -1.46. The highest BCUT2D eigenvalue weighted by molar-refractivity contribution is 5.28. The van der Waals surface area contributed by atoms with E-state index in [-0.39, 0.29) is 0 Å². The molecule has 1 N–H and O–H groups in total. The Kier molecular flexibility index (Phi) is 5.45. The minimum atomic E-state index is 0.371. The van der Waals surface area contributed by atoms with Crippen molar-refractivity contribution in [2.24, 2.45) is 0 Å². The van der Waals surface area contributed by atoms with E-state index < -0.39 is 0 Å². The van der Waals surface area contributed by atoms with Gasteiger partial charge in [0.25, 0.3) is 0 Å². The van der Waals surface area contributed by atoms with Crippen LogP contribution >= 0.6 is 0 Å². The Labute approximate surface area is 98.0 Å². The lowest BCUT2D eigenvalue weighted by molar-refractivity contribution is 0.313. The van der Waals surface area contributed by atoms with E-state index in [0.717, 1.165) is 18.6 Å². The van der Waals surface area contributed by atoms with Crippen LogP contribution in [0.15, 0.2) is 24.3 Å². The Balaban J connectivity index is 2.43. The number of benzene rings is 1. The van der Waals surface area contributed by atoms with Gasteiger partial charge in [0, 0.05) is 12.5 Å². The molecule has 1 unspecified atom stereocenters. The Bertz CT molecular complexity index is 337. The molecule has 0 saturated heterocycles. The molecule has 0 spiro atoms. The van der Waals surface area contributed by atoms with Crippen LogP contribution in [0, 0.1) is 12.3 Å². The monoisotopic (exact) mass is 217 g/mol. The van der Waals surface area contributed by atoms with Gasteiger partial charge in [0.2, 0.25) is 0 Å². The SMILES string of the molecule is C#CCCCOc1ccc(C(C)NC)cc1. The first-order valence-corrected chi connectivity index (χ1v) is 5.61. The van der Waals surface area contributed by atoms with E-state index >= 15 is 0 Å².